The summed E-state index contributed by atoms with van der Waals surface area (Å²) in [4.78, 5) is 0. The summed E-state index contributed by atoms with van der Waals surface area (Å²) in [5.74, 6) is -0.756. The van der Waals surface area contributed by atoms with Crippen molar-refractivity contribution in [3.8, 4) is 0 Å². The van der Waals surface area contributed by atoms with Gasteiger partial charge in [-0.15, -0.1) is 0 Å². The molecule has 0 unspecified atom stereocenters. The lowest BCUT2D eigenvalue weighted by Gasteiger charge is -2.28. The van der Waals surface area contributed by atoms with E-state index < -0.39 is 5.79 Å². The molecule has 3 heteroatoms. The van der Waals surface area contributed by atoms with Crippen LogP contribution in [-0.4, -0.2) is 13.2 Å². The number of aryl methyl sites for hydroxylation is 1. The number of rotatable bonds is 2. The van der Waals surface area contributed by atoms with Crippen molar-refractivity contribution in [3.05, 3.63) is 69.7 Å². The molecule has 2 aromatic carbocycles. The second kappa shape index (κ2) is 5.08. The van der Waals surface area contributed by atoms with E-state index in [-0.39, 0.29) is 0 Å². The fourth-order valence-corrected chi connectivity index (χ4v) is 2.62. The van der Waals surface area contributed by atoms with Gasteiger partial charge in [-0.2, -0.15) is 0 Å². The molecule has 0 aliphatic carbocycles. The summed E-state index contributed by atoms with van der Waals surface area (Å²) in [7, 11) is 0. The number of benzene rings is 2. The first-order valence-corrected chi connectivity index (χ1v) is 7.11. The van der Waals surface area contributed by atoms with Crippen LogP contribution in [0, 0.1) is 6.92 Å². The first kappa shape index (κ1) is 12.9. The van der Waals surface area contributed by atoms with Crippen molar-refractivity contribution in [3.63, 3.8) is 0 Å². The normalized spacial score (nSPS) is 17.6. The third-order valence-electron chi connectivity index (χ3n) is 3.35. The molecular formula is C16H15BrO2. The van der Waals surface area contributed by atoms with Gasteiger partial charge in [0.25, 0.3) is 0 Å². The fourth-order valence-electron chi connectivity index (χ4n) is 2.35. The molecular weight excluding hydrogens is 304 g/mol. The molecule has 0 aromatic heterocycles. The first-order valence-electron chi connectivity index (χ1n) is 6.32. The van der Waals surface area contributed by atoms with E-state index in [2.05, 4.69) is 47.1 Å². The smallest absolute Gasteiger partial charge is 0.222 e. The number of hydrogen-bond donors (Lipinski definition) is 0. The Bertz CT molecular complexity index is 507. The Balaban J connectivity index is 2.08. The van der Waals surface area contributed by atoms with Crippen LogP contribution in [-0.2, 0) is 15.3 Å². The zero-order chi connectivity index (χ0) is 13.3. The van der Waals surface area contributed by atoms with Crippen LogP contribution in [0.2, 0.25) is 0 Å². The summed E-state index contributed by atoms with van der Waals surface area (Å²) in [5.41, 5.74) is 3.29. The van der Waals surface area contributed by atoms with Crippen molar-refractivity contribution in [2.24, 2.45) is 0 Å². The van der Waals surface area contributed by atoms with E-state index in [9.17, 15) is 0 Å². The van der Waals surface area contributed by atoms with Crippen molar-refractivity contribution in [2.45, 2.75) is 12.7 Å². The molecule has 0 spiro atoms. The van der Waals surface area contributed by atoms with E-state index in [1.165, 1.54) is 5.56 Å². The van der Waals surface area contributed by atoms with Crippen molar-refractivity contribution in [1.82, 2.24) is 0 Å². The molecule has 0 radical (unpaired) electrons. The standard InChI is InChI=1S/C16H15BrO2/c1-12-2-4-13(5-3-12)16(18-10-11-19-16)14-6-8-15(17)9-7-14/h2-9H,10-11H2,1H3. The maximum atomic E-state index is 5.95. The molecule has 1 aliphatic heterocycles. The highest BCUT2D eigenvalue weighted by Gasteiger charge is 2.40. The molecule has 0 saturated carbocycles. The van der Waals surface area contributed by atoms with Crippen LogP contribution in [0.15, 0.2) is 53.0 Å². The van der Waals surface area contributed by atoms with Crippen molar-refractivity contribution < 1.29 is 9.47 Å². The summed E-state index contributed by atoms with van der Waals surface area (Å²) >= 11 is 3.46. The van der Waals surface area contributed by atoms with Crippen molar-refractivity contribution in [1.29, 1.82) is 0 Å². The topological polar surface area (TPSA) is 18.5 Å². The van der Waals surface area contributed by atoms with Crippen LogP contribution in [0.3, 0.4) is 0 Å². The molecule has 3 rings (SSSR count). The highest BCUT2D eigenvalue weighted by Crippen LogP contribution is 2.38. The van der Waals surface area contributed by atoms with E-state index >= 15 is 0 Å². The molecule has 1 fully saturated rings. The quantitative estimate of drug-likeness (QED) is 0.833. The molecule has 2 nitrogen and oxygen atoms in total. The summed E-state index contributed by atoms with van der Waals surface area (Å²) in [6.07, 6.45) is 0. The highest BCUT2D eigenvalue weighted by molar-refractivity contribution is 9.10. The van der Waals surface area contributed by atoms with Crippen LogP contribution >= 0.6 is 15.9 Å². The van der Waals surface area contributed by atoms with E-state index in [1.807, 2.05) is 24.3 Å². The second-order valence-electron chi connectivity index (χ2n) is 4.69. The van der Waals surface area contributed by atoms with Gasteiger partial charge in [-0.1, -0.05) is 57.9 Å². The Hall–Kier alpha value is -1.16. The maximum Gasteiger partial charge on any atom is 0.222 e. The summed E-state index contributed by atoms with van der Waals surface area (Å²) < 4.78 is 13.0. The Morgan fingerprint density at radius 3 is 1.84 bits per heavy atom. The van der Waals surface area contributed by atoms with E-state index in [0.717, 1.165) is 15.6 Å². The zero-order valence-corrected chi connectivity index (χ0v) is 12.3. The molecule has 1 saturated heterocycles. The van der Waals surface area contributed by atoms with E-state index in [0.29, 0.717) is 13.2 Å². The van der Waals surface area contributed by atoms with Crippen LogP contribution in [0.5, 0.6) is 0 Å². The van der Waals surface area contributed by atoms with Gasteiger partial charge in [-0.05, 0) is 19.1 Å². The monoisotopic (exact) mass is 318 g/mol. The maximum absolute atomic E-state index is 5.95. The SMILES string of the molecule is Cc1ccc(C2(c3ccc(Br)cc3)OCCO2)cc1. The molecule has 0 N–H and O–H groups in total. The number of halogens is 1. The van der Waals surface area contributed by atoms with Crippen molar-refractivity contribution >= 4 is 15.9 Å². The van der Waals surface area contributed by atoms with Crippen molar-refractivity contribution in [2.75, 3.05) is 13.2 Å². The predicted molar refractivity (Wildman–Crippen MR) is 78.0 cm³/mol. The van der Waals surface area contributed by atoms with Gasteiger partial charge in [0.1, 0.15) is 0 Å². The van der Waals surface area contributed by atoms with Gasteiger partial charge in [0.05, 0.1) is 13.2 Å². The number of ether oxygens (including phenoxy) is 2. The summed E-state index contributed by atoms with van der Waals surface area (Å²) in [6, 6.07) is 16.4. The minimum absolute atomic E-state index is 0.615. The summed E-state index contributed by atoms with van der Waals surface area (Å²) in [6.45, 7) is 3.31. The predicted octanol–water partition coefficient (Wildman–Crippen LogP) is 4.01. The van der Waals surface area contributed by atoms with Gasteiger partial charge in [-0.25, -0.2) is 0 Å². The minimum Gasteiger partial charge on any atom is -0.340 e. The first-order chi connectivity index (χ1) is 9.21. The molecule has 19 heavy (non-hydrogen) atoms. The Morgan fingerprint density at radius 1 is 0.842 bits per heavy atom. The van der Waals surface area contributed by atoms with E-state index in [4.69, 9.17) is 9.47 Å². The lowest BCUT2D eigenvalue weighted by atomic mass is 9.96. The molecule has 98 valence electrons. The largest absolute Gasteiger partial charge is 0.340 e. The average molecular weight is 319 g/mol. The van der Waals surface area contributed by atoms with Gasteiger partial charge >= 0.3 is 0 Å². The Kier molecular flexibility index (Phi) is 3.44. The third-order valence-corrected chi connectivity index (χ3v) is 3.88. The zero-order valence-electron chi connectivity index (χ0n) is 10.7. The van der Waals surface area contributed by atoms with Crippen LogP contribution in [0.4, 0.5) is 0 Å². The van der Waals surface area contributed by atoms with Gasteiger partial charge in [0, 0.05) is 15.6 Å². The van der Waals surface area contributed by atoms with E-state index in [1.54, 1.807) is 0 Å². The Morgan fingerprint density at radius 2 is 1.32 bits per heavy atom. The van der Waals surface area contributed by atoms with Gasteiger partial charge in [0.15, 0.2) is 0 Å². The van der Waals surface area contributed by atoms with Crippen LogP contribution < -0.4 is 0 Å². The summed E-state index contributed by atoms with van der Waals surface area (Å²) in [5, 5.41) is 0. The lowest BCUT2D eigenvalue weighted by molar-refractivity contribution is -0.129. The molecule has 2 aromatic rings. The second-order valence-corrected chi connectivity index (χ2v) is 5.60. The Labute approximate surface area is 121 Å². The molecule has 0 amide bonds. The lowest BCUT2D eigenvalue weighted by Crippen LogP contribution is -2.28. The highest BCUT2D eigenvalue weighted by atomic mass is 79.9. The molecule has 0 atom stereocenters. The van der Waals surface area contributed by atoms with Gasteiger partial charge < -0.3 is 9.47 Å². The molecule has 0 bridgehead atoms. The minimum atomic E-state index is -0.756. The van der Waals surface area contributed by atoms with Crippen LogP contribution in [0.1, 0.15) is 16.7 Å². The third kappa shape index (κ3) is 2.34. The average Bonchev–Trinajstić information content (AvgIpc) is 2.91. The fraction of sp³-hybridized carbons (Fsp3) is 0.250. The van der Waals surface area contributed by atoms with Gasteiger partial charge in [-0.3, -0.25) is 0 Å². The van der Waals surface area contributed by atoms with Gasteiger partial charge in [0.2, 0.25) is 5.79 Å². The number of hydrogen-bond acceptors (Lipinski definition) is 2. The van der Waals surface area contributed by atoms with Crippen LogP contribution in [0.25, 0.3) is 0 Å². The molecule has 1 aliphatic rings. The molecule has 1 heterocycles.